The number of hydrogen-bond donors (Lipinski definition) is 1. The number of carbonyl (C=O) groups is 3. The highest BCUT2D eigenvalue weighted by Crippen LogP contribution is 2.48. The Morgan fingerprint density at radius 2 is 1.63 bits per heavy atom. The Morgan fingerprint density at radius 3 is 2.27 bits per heavy atom. The molecule has 0 radical (unpaired) electrons. The number of thiazole rings is 1. The number of cyclic esters (lactones) is 1. The number of thioether (sulfide) groups is 2. The molecule has 4 aromatic rings. The molecule has 0 aliphatic carbocycles. The van der Waals surface area contributed by atoms with E-state index in [9.17, 15) is 14.4 Å². The Hall–Kier alpha value is -4.19. The second kappa shape index (κ2) is 15.6. The maximum Gasteiger partial charge on any atom is 0.329 e. The molecule has 3 aliphatic heterocycles. The first-order chi connectivity index (χ1) is 24.9. The van der Waals surface area contributed by atoms with Crippen LogP contribution < -0.4 is 5.32 Å². The van der Waals surface area contributed by atoms with E-state index in [1.54, 1.807) is 4.90 Å². The molecule has 3 aliphatic rings. The van der Waals surface area contributed by atoms with Gasteiger partial charge in [-0.3, -0.25) is 14.6 Å². The molecule has 51 heavy (non-hydrogen) atoms. The van der Waals surface area contributed by atoms with Gasteiger partial charge in [0.15, 0.2) is 0 Å². The van der Waals surface area contributed by atoms with Crippen molar-refractivity contribution in [2.24, 2.45) is 4.99 Å². The summed E-state index contributed by atoms with van der Waals surface area (Å²) >= 11 is 4.79. The van der Waals surface area contributed by atoms with Crippen LogP contribution >= 0.6 is 34.9 Å². The van der Waals surface area contributed by atoms with Gasteiger partial charge in [0.2, 0.25) is 5.91 Å². The first-order valence-electron chi connectivity index (χ1n) is 17.3. The molecule has 3 atom stereocenters. The molecule has 4 bridgehead atoms. The number of allylic oxidation sites excluding steroid dienone is 1. The van der Waals surface area contributed by atoms with Crippen molar-refractivity contribution in [3.8, 4) is 0 Å². The Balaban J connectivity index is 1.11. The molecule has 0 saturated carbocycles. The number of aromatic nitrogens is 1. The summed E-state index contributed by atoms with van der Waals surface area (Å²) in [4.78, 5) is 51.9. The molecule has 3 aromatic carbocycles. The molecule has 0 spiro atoms. The van der Waals surface area contributed by atoms with Crippen molar-refractivity contribution in [3.05, 3.63) is 136 Å². The third-order valence-corrected chi connectivity index (χ3v) is 13.2. The molecule has 1 saturated heterocycles. The predicted octanol–water partition coefficient (Wildman–Crippen LogP) is 6.99. The van der Waals surface area contributed by atoms with Crippen LogP contribution in [-0.4, -0.2) is 68.4 Å². The number of nitrogens with zero attached hydrogens (tertiary/aromatic N) is 3. The fourth-order valence-corrected chi connectivity index (χ4v) is 10.3. The van der Waals surface area contributed by atoms with Gasteiger partial charge in [-0.15, -0.1) is 34.9 Å². The highest BCUT2D eigenvalue weighted by Gasteiger charge is 2.47. The van der Waals surface area contributed by atoms with E-state index in [4.69, 9.17) is 9.73 Å². The second-order valence-electron chi connectivity index (χ2n) is 13.1. The number of benzene rings is 3. The van der Waals surface area contributed by atoms with Crippen molar-refractivity contribution < 1.29 is 19.1 Å². The summed E-state index contributed by atoms with van der Waals surface area (Å²) in [5.74, 6) is 0.339. The van der Waals surface area contributed by atoms with Crippen LogP contribution in [-0.2, 0) is 30.4 Å². The summed E-state index contributed by atoms with van der Waals surface area (Å²) in [7, 11) is 0. The van der Waals surface area contributed by atoms with Crippen LogP contribution in [0.3, 0.4) is 0 Å². The summed E-state index contributed by atoms with van der Waals surface area (Å²) in [6, 6.07) is 31.0. The molecule has 0 unspecified atom stereocenters. The molecular weight excluding hydrogens is 697 g/mol. The number of esters is 1. The molecule has 7 rings (SSSR count). The minimum absolute atomic E-state index is 0.0312. The van der Waals surface area contributed by atoms with Crippen molar-refractivity contribution in [1.82, 2.24) is 15.2 Å². The number of amides is 2. The number of fused-ring (bicyclic) bond motifs is 5. The van der Waals surface area contributed by atoms with Gasteiger partial charge in [0, 0.05) is 17.7 Å². The number of ether oxygens (including phenoxy) is 1. The lowest BCUT2D eigenvalue weighted by atomic mass is 9.84. The van der Waals surface area contributed by atoms with Crippen LogP contribution in [0.5, 0.6) is 0 Å². The number of carbonyl (C=O) groups excluding carboxylic acids is 3. The van der Waals surface area contributed by atoms with Crippen LogP contribution in [0.4, 0.5) is 0 Å². The summed E-state index contributed by atoms with van der Waals surface area (Å²) in [6.45, 7) is 2.56. The van der Waals surface area contributed by atoms with E-state index >= 15 is 0 Å². The molecule has 1 N–H and O–H groups in total. The molecule has 11 heteroatoms. The van der Waals surface area contributed by atoms with Crippen LogP contribution in [0.2, 0.25) is 0 Å². The third kappa shape index (κ3) is 7.56. The van der Waals surface area contributed by atoms with E-state index in [-0.39, 0.29) is 24.8 Å². The first kappa shape index (κ1) is 35.2. The smallest absolute Gasteiger partial charge is 0.329 e. The Labute approximate surface area is 311 Å². The summed E-state index contributed by atoms with van der Waals surface area (Å²) < 4.78 is 5.59. The van der Waals surface area contributed by atoms with Crippen LogP contribution in [0.1, 0.15) is 60.0 Å². The third-order valence-electron chi connectivity index (χ3n) is 9.44. The quantitative estimate of drug-likeness (QED) is 0.0901. The number of rotatable bonds is 8. The van der Waals surface area contributed by atoms with E-state index in [0.29, 0.717) is 42.3 Å². The van der Waals surface area contributed by atoms with Crippen molar-refractivity contribution in [1.29, 1.82) is 0 Å². The fourth-order valence-electron chi connectivity index (χ4n) is 6.90. The average Bonchev–Trinajstić information content (AvgIpc) is 3.94. The van der Waals surface area contributed by atoms with Gasteiger partial charge in [0.25, 0.3) is 5.91 Å². The summed E-state index contributed by atoms with van der Waals surface area (Å²) in [5.41, 5.74) is 3.30. The monoisotopic (exact) mass is 736 g/mol. The van der Waals surface area contributed by atoms with E-state index in [1.165, 1.54) is 39.8 Å². The topological polar surface area (TPSA) is 101 Å². The SMILES string of the molecule is C[C@@]12CSC(=N1)c1csc(n1)CNC(=O)C[C@@H](C=CCCSC(c1ccccc1)(c1ccccc1)c1ccccc1)OC(=O)[C@@H]1CCCN1C2=O. The van der Waals surface area contributed by atoms with Gasteiger partial charge in [0.05, 0.1) is 17.7 Å². The Morgan fingerprint density at radius 1 is 0.980 bits per heavy atom. The highest BCUT2D eigenvalue weighted by atomic mass is 32.2. The second-order valence-corrected chi connectivity index (χ2v) is 16.3. The average molecular weight is 737 g/mol. The molecule has 1 aromatic heterocycles. The van der Waals surface area contributed by atoms with Crippen molar-refractivity contribution >= 4 is 57.7 Å². The lowest BCUT2D eigenvalue weighted by molar-refractivity contribution is -0.157. The molecule has 1 fully saturated rings. The van der Waals surface area contributed by atoms with Gasteiger partial charge in [-0.2, -0.15) is 0 Å². The van der Waals surface area contributed by atoms with Gasteiger partial charge in [-0.1, -0.05) is 97.1 Å². The van der Waals surface area contributed by atoms with Crippen molar-refractivity contribution in [2.45, 2.75) is 61.6 Å². The Bertz CT molecular complexity index is 1820. The van der Waals surface area contributed by atoms with E-state index in [1.807, 2.05) is 54.4 Å². The number of nitrogens with one attached hydrogen (secondary N) is 1. The van der Waals surface area contributed by atoms with Crippen molar-refractivity contribution in [2.75, 3.05) is 18.1 Å². The normalized spacial score (nSPS) is 22.8. The molecule has 8 nitrogen and oxygen atoms in total. The van der Waals surface area contributed by atoms with Gasteiger partial charge < -0.3 is 15.0 Å². The number of aliphatic imine (C=N–C) groups is 1. The molecular formula is C40H40N4O4S3. The predicted molar refractivity (Wildman–Crippen MR) is 206 cm³/mol. The summed E-state index contributed by atoms with van der Waals surface area (Å²) in [5, 5.41) is 6.32. The van der Waals surface area contributed by atoms with Gasteiger partial charge in [0.1, 0.15) is 33.4 Å². The molecule has 4 heterocycles. The zero-order chi connectivity index (χ0) is 35.3. The zero-order valence-corrected chi connectivity index (χ0v) is 30.9. The maximum absolute atomic E-state index is 13.9. The summed E-state index contributed by atoms with van der Waals surface area (Å²) in [6.07, 6.45) is 4.90. The zero-order valence-electron chi connectivity index (χ0n) is 28.4. The lowest BCUT2D eigenvalue weighted by Gasteiger charge is -2.35. The lowest BCUT2D eigenvalue weighted by Crippen LogP contribution is -2.51. The molecule has 262 valence electrons. The van der Waals surface area contributed by atoms with Crippen LogP contribution in [0, 0.1) is 0 Å². The van der Waals surface area contributed by atoms with Gasteiger partial charge in [-0.25, -0.2) is 9.78 Å². The van der Waals surface area contributed by atoms with Gasteiger partial charge in [-0.05, 0) is 54.7 Å². The van der Waals surface area contributed by atoms with Gasteiger partial charge >= 0.3 is 5.97 Å². The largest absolute Gasteiger partial charge is 0.456 e. The Kier molecular flexibility index (Phi) is 10.8. The van der Waals surface area contributed by atoms with E-state index in [2.05, 4.69) is 83.1 Å². The fraction of sp³-hybridized carbons (Fsp3) is 0.325. The van der Waals surface area contributed by atoms with Crippen molar-refractivity contribution in [3.63, 3.8) is 0 Å². The van der Waals surface area contributed by atoms with Crippen LogP contribution in [0.15, 0.2) is 114 Å². The highest BCUT2D eigenvalue weighted by molar-refractivity contribution is 8.14. The standard InChI is InChI=1S/C40H40N4O4S3/c1-39-27-50-36(43-39)32-26-49-35(42-32)25-41-34(45)24-31(48-37(46)33-21-13-22-44(33)38(39)47)20-11-12-23-51-40(28-14-5-2-6-15-28,29-16-7-3-8-17-29)30-18-9-4-10-19-30/h2-11,14-20,26,31,33H,12-13,21-25,27H2,1H3,(H,41,45)/t31-,33+,39+/m1/s1. The minimum atomic E-state index is -0.983. The number of hydrogen-bond acceptors (Lipinski definition) is 9. The van der Waals surface area contributed by atoms with E-state index in [0.717, 1.165) is 10.8 Å². The first-order valence-corrected chi connectivity index (χ1v) is 20.1. The van der Waals surface area contributed by atoms with Crippen LogP contribution in [0.25, 0.3) is 0 Å². The van der Waals surface area contributed by atoms with E-state index < -0.39 is 28.4 Å². The molecule has 2 amide bonds. The maximum atomic E-state index is 13.9. The minimum Gasteiger partial charge on any atom is -0.456 e.